The van der Waals surface area contributed by atoms with Crippen molar-refractivity contribution in [3.63, 3.8) is 0 Å². The highest BCUT2D eigenvalue weighted by Gasteiger charge is 2.30. The molecule has 0 heterocycles. The highest BCUT2D eigenvalue weighted by atomic mass is 79.9. The lowest BCUT2D eigenvalue weighted by molar-refractivity contribution is -0.419. The first-order valence-corrected chi connectivity index (χ1v) is 4.68. The highest BCUT2D eigenvalue weighted by molar-refractivity contribution is 9.10. The quantitative estimate of drug-likeness (QED) is 0.459. The largest absolute Gasteiger partial charge is 0.366 e. The molecule has 76 valence electrons. The monoisotopic (exact) mass is 260 g/mol. The van der Waals surface area contributed by atoms with Crippen LogP contribution in [0.3, 0.4) is 0 Å². The third kappa shape index (κ3) is 2.41. The number of alkyl halides is 1. The molecule has 0 aromatic carbocycles. The molecule has 5 nitrogen and oxygen atoms in total. The lowest BCUT2D eigenvalue weighted by atomic mass is 9.94. The van der Waals surface area contributed by atoms with Gasteiger partial charge in [-0.15, -0.1) is 0 Å². The summed E-state index contributed by atoms with van der Waals surface area (Å²) in [5.41, 5.74) is 5.23. The SMILES string of the molecule is CC1(Br)C=C([N+](=O)[O-])C=C(C(N)=O)C1. The van der Waals surface area contributed by atoms with Crippen LogP contribution in [-0.2, 0) is 4.79 Å². The number of nitrogens with two attached hydrogens (primary N) is 1. The summed E-state index contributed by atoms with van der Waals surface area (Å²) in [6, 6.07) is 0. The van der Waals surface area contributed by atoms with Gasteiger partial charge in [-0.3, -0.25) is 14.9 Å². The first-order chi connectivity index (χ1) is 6.32. The second-order valence-corrected chi connectivity index (χ2v) is 5.13. The number of carbonyl (C=O) groups excluding carboxylic acids is 1. The molecule has 0 saturated heterocycles. The number of amides is 1. The predicted octanol–water partition coefficient (Wildman–Crippen LogP) is 1.12. The third-order valence-corrected chi connectivity index (χ3v) is 2.34. The van der Waals surface area contributed by atoms with Crippen LogP contribution in [0.5, 0.6) is 0 Å². The molecule has 0 saturated carbocycles. The average Bonchev–Trinajstić information content (AvgIpc) is 2.01. The smallest absolute Gasteiger partial charge is 0.267 e. The molecule has 6 heteroatoms. The van der Waals surface area contributed by atoms with Gasteiger partial charge >= 0.3 is 0 Å². The molecule has 0 aliphatic heterocycles. The van der Waals surface area contributed by atoms with Crippen LogP contribution in [0.1, 0.15) is 13.3 Å². The number of primary amides is 1. The summed E-state index contributed by atoms with van der Waals surface area (Å²) in [7, 11) is 0. The van der Waals surface area contributed by atoms with E-state index < -0.39 is 15.2 Å². The fraction of sp³-hybridized carbons (Fsp3) is 0.375. The van der Waals surface area contributed by atoms with Gasteiger partial charge < -0.3 is 5.73 Å². The molecule has 1 rings (SSSR count). The third-order valence-electron chi connectivity index (χ3n) is 1.83. The molecule has 1 atom stereocenters. The van der Waals surface area contributed by atoms with Gasteiger partial charge in [-0.1, -0.05) is 15.9 Å². The molecule has 0 spiro atoms. The van der Waals surface area contributed by atoms with E-state index in [1.807, 2.05) is 0 Å². The summed E-state index contributed by atoms with van der Waals surface area (Å²) in [6.07, 6.45) is 3.03. The first kappa shape index (κ1) is 10.9. The minimum Gasteiger partial charge on any atom is -0.366 e. The average molecular weight is 261 g/mol. The van der Waals surface area contributed by atoms with Gasteiger partial charge in [0.25, 0.3) is 5.70 Å². The van der Waals surface area contributed by atoms with Gasteiger partial charge in [-0.2, -0.15) is 0 Å². The second-order valence-electron chi connectivity index (χ2n) is 3.31. The highest BCUT2D eigenvalue weighted by Crippen LogP contribution is 2.33. The summed E-state index contributed by atoms with van der Waals surface area (Å²) in [5, 5.41) is 10.5. The number of hydrogen-bond acceptors (Lipinski definition) is 3. The van der Waals surface area contributed by atoms with E-state index in [0.29, 0.717) is 6.42 Å². The Morgan fingerprint density at radius 1 is 1.79 bits per heavy atom. The number of rotatable bonds is 2. The lowest BCUT2D eigenvalue weighted by Gasteiger charge is -2.21. The van der Waals surface area contributed by atoms with Crippen molar-refractivity contribution in [2.75, 3.05) is 0 Å². The second kappa shape index (κ2) is 3.53. The molecule has 14 heavy (non-hydrogen) atoms. The van der Waals surface area contributed by atoms with Crippen molar-refractivity contribution in [3.8, 4) is 0 Å². The van der Waals surface area contributed by atoms with Gasteiger partial charge in [-0.05, 0) is 13.3 Å². The molecular weight excluding hydrogens is 252 g/mol. The van der Waals surface area contributed by atoms with Crippen molar-refractivity contribution in [1.29, 1.82) is 0 Å². The Balaban J connectivity index is 3.11. The van der Waals surface area contributed by atoms with E-state index in [4.69, 9.17) is 5.73 Å². The van der Waals surface area contributed by atoms with Gasteiger partial charge in [0, 0.05) is 17.7 Å². The molecule has 1 aliphatic carbocycles. The maximum absolute atomic E-state index is 10.9. The Morgan fingerprint density at radius 3 is 2.79 bits per heavy atom. The number of allylic oxidation sites excluding steroid dienone is 2. The van der Waals surface area contributed by atoms with E-state index in [0.717, 1.165) is 0 Å². The number of hydrogen-bond donors (Lipinski definition) is 1. The fourth-order valence-electron chi connectivity index (χ4n) is 1.27. The van der Waals surface area contributed by atoms with E-state index in [-0.39, 0.29) is 11.3 Å². The van der Waals surface area contributed by atoms with Gasteiger partial charge in [0.15, 0.2) is 0 Å². The van der Waals surface area contributed by atoms with Gasteiger partial charge in [0.2, 0.25) is 5.91 Å². The molecule has 0 fully saturated rings. The van der Waals surface area contributed by atoms with Gasteiger partial charge in [0.05, 0.1) is 9.25 Å². The minimum atomic E-state index is -0.622. The van der Waals surface area contributed by atoms with Crippen molar-refractivity contribution in [2.45, 2.75) is 17.7 Å². The lowest BCUT2D eigenvalue weighted by Crippen LogP contribution is -2.26. The Hall–Kier alpha value is -1.17. The van der Waals surface area contributed by atoms with E-state index in [2.05, 4.69) is 15.9 Å². The Labute approximate surface area is 88.9 Å². The summed E-state index contributed by atoms with van der Waals surface area (Å²) in [5.74, 6) is -0.622. The normalized spacial score (nSPS) is 26.4. The first-order valence-electron chi connectivity index (χ1n) is 3.88. The van der Waals surface area contributed by atoms with Crippen molar-refractivity contribution < 1.29 is 9.72 Å². The summed E-state index contributed by atoms with van der Waals surface area (Å²) in [6.45, 7) is 1.74. The van der Waals surface area contributed by atoms with E-state index in [1.165, 1.54) is 12.2 Å². The van der Waals surface area contributed by atoms with Gasteiger partial charge in [-0.25, -0.2) is 0 Å². The molecule has 0 bridgehead atoms. The van der Waals surface area contributed by atoms with Crippen LogP contribution in [-0.4, -0.2) is 15.2 Å². The number of halogens is 1. The van der Waals surface area contributed by atoms with Crippen molar-refractivity contribution in [2.24, 2.45) is 5.73 Å². The summed E-state index contributed by atoms with van der Waals surface area (Å²) < 4.78 is -0.575. The molecular formula is C8H9BrN2O3. The molecule has 1 unspecified atom stereocenters. The predicted molar refractivity (Wildman–Crippen MR) is 54.3 cm³/mol. The van der Waals surface area contributed by atoms with Crippen LogP contribution >= 0.6 is 15.9 Å². The van der Waals surface area contributed by atoms with Crippen LogP contribution in [0.2, 0.25) is 0 Å². The minimum absolute atomic E-state index is 0.107. The Morgan fingerprint density at radius 2 is 2.36 bits per heavy atom. The zero-order valence-electron chi connectivity index (χ0n) is 7.49. The van der Waals surface area contributed by atoms with Crippen LogP contribution in [0.15, 0.2) is 23.4 Å². The Kier molecular flexibility index (Phi) is 2.75. The van der Waals surface area contributed by atoms with E-state index in [1.54, 1.807) is 6.92 Å². The van der Waals surface area contributed by atoms with Crippen LogP contribution in [0.4, 0.5) is 0 Å². The molecule has 2 N–H and O–H groups in total. The summed E-state index contributed by atoms with van der Waals surface area (Å²) >= 11 is 3.28. The Bertz CT molecular complexity index is 358. The number of nitro groups is 1. The molecule has 1 amide bonds. The van der Waals surface area contributed by atoms with Crippen LogP contribution in [0, 0.1) is 10.1 Å². The van der Waals surface area contributed by atoms with E-state index >= 15 is 0 Å². The topological polar surface area (TPSA) is 86.2 Å². The van der Waals surface area contributed by atoms with Crippen LogP contribution < -0.4 is 5.73 Å². The van der Waals surface area contributed by atoms with Crippen molar-refractivity contribution in [3.05, 3.63) is 33.5 Å². The maximum atomic E-state index is 10.9. The zero-order valence-corrected chi connectivity index (χ0v) is 9.08. The van der Waals surface area contributed by atoms with Crippen LogP contribution in [0.25, 0.3) is 0 Å². The number of nitrogens with zero attached hydrogens (tertiary/aromatic N) is 1. The zero-order chi connectivity index (χ0) is 10.9. The standard InChI is InChI=1S/C8H9BrN2O3/c1-8(9)3-5(7(10)12)2-6(4-8)11(13)14/h2,4H,3H2,1H3,(H2,10,12). The van der Waals surface area contributed by atoms with Crippen molar-refractivity contribution >= 4 is 21.8 Å². The van der Waals surface area contributed by atoms with Gasteiger partial charge in [0.1, 0.15) is 0 Å². The molecule has 0 radical (unpaired) electrons. The molecule has 0 aromatic heterocycles. The molecule has 1 aliphatic rings. The van der Waals surface area contributed by atoms with Crippen molar-refractivity contribution in [1.82, 2.24) is 0 Å². The summed E-state index contributed by atoms with van der Waals surface area (Å²) in [4.78, 5) is 20.9. The maximum Gasteiger partial charge on any atom is 0.267 e. The molecule has 0 aromatic rings. The number of carbonyl (C=O) groups is 1. The van der Waals surface area contributed by atoms with E-state index in [9.17, 15) is 14.9 Å². The fourth-order valence-corrected chi connectivity index (χ4v) is 1.80.